The van der Waals surface area contributed by atoms with Crippen LogP contribution >= 0.6 is 11.6 Å². The quantitative estimate of drug-likeness (QED) is 0.536. The van der Waals surface area contributed by atoms with Gasteiger partial charge in [0.15, 0.2) is 4.90 Å². The molecule has 0 saturated carbocycles. The molecule has 0 aliphatic heterocycles. The number of nitro benzene ring substituents is 1. The molecule has 2 aromatic carbocycles. The van der Waals surface area contributed by atoms with Gasteiger partial charge in [0.1, 0.15) is 16.7 Å². The zero-order chi connectivity index (χ0) is 19.9. The van der Waals surface area contributed by atoms with E-state index in [2.05, 4.69) is 0 Å². The van der Waals surface area contributed by atoms with Crippen LogP contribution in [0.2, 0.25) is 5.02 Å². The first-order chi connectivity index (χ1) is 11.9. The predicted octanol–water partition coefficient (Wildman–Crippen LogP) is 2.54. The Balaban J connectivity index is 2.63. The fourth-order valence-electron chi connectivity index (χ4n) is 1.93. The topological polar surface area (TPSA) is 115 Å². The van der Waals surface area contributed by atoms with Crippen LogP contribution < -0.4 is 0 Å². The largest absolute Gasteiger partial charge is 0.289 e. The first kappa shape index (κ1) is 20.2. The third-order valence-corrected chi connectivity index (χ3v) is 7.87. The molecule has 0 aliphatic rings. The number of benzene rings is 2. The monoisotopic (exact) mass is 426 g/mol. The summed E-state index contributed by atoms with van der Waals surface area (Å²) in [7, 11) is -9.51. The number of rotatable bonds is 5. The highest BCUT2D eigenvalue weighted by Gasteiger charge is 2.37. The predicted molar refractivity (Wildman–Crippen MR) is 86.6 cm³/mol. The van der Waals surface area contributed by atoms with Gasteiger partial charge < -0.3 is 0 Å². The van der Waals surface area contributed by atoms with Gasteiger partial charge in [0.05, 0.1) is 9.82 Å². The second-order valence-electron chi connectivity index (χ2n) is 4.81. The zero-order valence-electron chi connectivity index (χ0n) is 12.8. The highest BCUT2D eigenvalue weighted by atomic mass is 35.5. The van der Waals surface area contributed by atoms with Gasteiger partial charge >= 0.3 is 0 Å². The lowest BCUT2D eigenvalue weighted by Gasteiger charge is -2.18. The van der Waals surface area contributed by atoms with Gasteiger partial charge in [0, 0.05) is 13.1 Å². The molecule has 0 unspecified atom stereocenters. The Morgan fingerprint density at radius 3 is 2.08 bits per heavy atom. The number of sulfonamides is 2. The first-order valence-corrected chi connectivity index (χ1v) is 9.78. The van der Waals surface area contributed by atoms with Crippen molar-refractivity contribution in [2.24, 2.45) is 0 Å². The summed E-state index contributed by atoms with van der Waals surface area (Å²) in [6.45, 7) is 0. The van der Waals surface area contributed by atoms with Gasteiger partial charge in [-0.2, -0.15) is 0 Å². The normalized spacial score (nSPS) is 12.3. The highest BCUT2D eigenvalue weighted by Crippen LogP contribution is 2.31. The molecule has 0 spiro atoms. The van der Waals surface area contributed by atoms with Crippen LogP contribution in [-0.4, -0.2) is 32.5 Å². The van der Waals surface area contributed by atoms with Crippen molar-refractivity contribution in [3.05, 3.63) is 63.2 Å². The van der Waals surface area contributed by atoms with Crippen LogP contribution in [0.5, 0.6) is 0 Å². The molecule has 0 radical (unpaired) electrons. The van der Waals surface area contributed by atoms with Crippen molar-refractivity contribution in [1.82, 2.24) is 3.71 Å². The van der Waals surface area contributed by atoms with Crippen molar-refractivity contribution in [2.75, 3.05) is 7.05 Å². The number of nitro groups is 1. The van der Waals surface area contributed by atoms with Crippen molar-refractivity contribution < 1.29 is 30.5 Å². The molecule has 140 valence electrons. The van der Waals surface area contributed by atoms with Gasteiger partial charge in [-0.05, 0) is 24.3 Å². The lowest BCUT2D eigenvalue weighted by Crippen LogP contribution is -2.34. The van der Waals surface area contributed by atoms with Gasteiger partial charge in [0.2, 0.25) is 0 Å². The third kappa shape index (κ3) is 3.40. The summed E-state index contributed by atoms with van der Waals surface area (Å²) in [5, 5.41) is 10.5. The van der Waals surface area contributed by atoms with Crippen molar-refractivity contribution in [2.45, 2.75) is 9.79 Å². The molecule has 0 amide bonds. The second kappa shape index (κ2) is 6.87. The highest BCUT2D eigenvalue weighted by molar-refractivity contribution is 8.04. The Hall–Kier alpha value is -2.15. The fourth-order valence-corrected chi connectivity index (χ4v) is 5.31. The van der Waals surface area contributed by atoms with Crippen molar-refractivity contribution in [3.63, 3.8) is 0 Å². The standard InChI is InChI=1S/C13H9ClF2N2O6S2/c1-17(26(23,24)13-10(15)3-2-4-11(13)16)25(21,22)8-5-6-9(14)12(7-8)18(19)20/h2-7H,1H3. The minimum Gasteiger partial charge on any atom is -0.258 e. The van der Waals surface area contributed by atoms with Crippen molar-refractivity contribution >= 4 is 37.3 Å². The minimum absolute atomic E-state index is 0.269. The van der Waals surface area contributed by atoms with Crippen LogP contribution in [0.4, 0.5) is 14.5 Å². The summed E-state index contributed by atoms with van der Waals surface area (Å²) in [6.07, 6.45) is 0. The molecule has 0 saturated heterocycles. The average molecular weight is 427 g/mol. The smallest absolute Gasteiger partial charge is 0.258 e. The molecular formula is C13H9ClF2N2O6S2. The SMILES string of the molecule is CN(S(=O)(=O)c1ccc(Cl)c([N+](=O)[O-])c1)S(=O)(=O)c1c(F)cccc1F. The lowest BCUT2D eigenvalue weighted by atomic mass is 10.3. The van der Waals surface area contributed by atoms with E-state index in [1.54, 1.807) is 0 Å². The molecule has 0 N–H and O–H groups in total. The van der Waals surface area contributed by atoms with Crippen LogP contribution in [-0.2, 0) is 20.0 Å². The lowest BCUT2D eigenvalue weighted by molar-refractivity contribution is -0.384. The van der Waals surface area contributed by atoms with Gasteiger partial charge in [0.25, 0.3) is 25.7 Å². The molecule has 8 nitrogen and oxygen atoms in total. The van der Waals surface area contributed by atoms with Crippen LogP contribution in [0.1, 0.15) is 0 Å². The number of hydrogen-bond acceptors (Lipinski definition) is 6. The third-order valence-electron chi connectivity index (χ3n) is 3.27. The molecule has 2 rings (SSSR count). The summed E-state index contributed by atoms with van der Waals surface area (Å²) in [5.74, 6) is -2.98. The summed E-state index contributed by atoms with van der Waals surface area (Å²) in [5.41, 5.74) is -0.782. The number of nitrogens with zero attached hydrogens (tertiary/aromatic N) is 2. The van der Waals surface area contributed by atoms with Gasteiger partial charge in [-0.1, -0.05) is 21.4 Å². The van der Waals surface area contributed by atoms with Crippen LogP contribution in [0.3, 0.4) is 0 Å². The molecular weight excluding hydrogens is 418 g/mol. The van der Waals surface area contributed by atoms with E-state index < -0.39 is 52.1 Å². The van der Waals surface area contributed by atoms with Crippen LogP contribution in [0.25, 0.3) is 0 Å². The Kier molecular flexibility index (Phi) is 5.33. The molecule has 0 bridgehead atoms. The van der Waals surface area contributed by atoms with E-state index in [4.69, 9.17) is 11.6 Å². The molecule has 0 heterocycles. The maximum absolute atomic E-state index is 13.8. The minimum atomic E-state index is -5.16. The van der Waals surface area contributed by atoms with E-state index in [1.807, 2.05) is 0 Å². The Morgan fingerprint density at radius 1 is 1.04 bits per heavy atom. The summed E-state index contributed by atoms with van der Waals surface area (Å²) >= 11 is 5.58. The van der Waals surface area contributed by atoms with E-state index >= 15 is 0 Å². The molecule has 26 heavy (non-hydrogen) atoms. The van der Waals surface area contributed by atoms with Crippen LogP contribution in [0, 0.1) is 21.7 Å². The summed E-state index contributed by atoms with van der Waals surface area (Å²) in [4.78, 5) is 7.65. The van der Waals surface area contributed by atoms with Gasteiger partial charge in [-0.25, -0.2) is 25.6 Å². The average Bonchev–Trinajstić information content (AvgIpc) is 2.53. The number of halogens is 3. The van der Waals surface area contributed by atoms with Crippen molar-refractivity contribution in [3.8, 4) is 0 Å². The number of hydrogen-bond donors (Lipinski definition) is 0. The van der Waals surface area contributed by atoms with Crippen molar-refractivity contribution in [1.29, 1.82) is 0 Å². The Bertz CT molecular complexity index is 1090. The van der Waals surface area contributed by atoms with Gasteiger partial charge in [-0.3, -0.25) is 10.1 Å². The maximum atomic E-state index is 13.8. The molecule has 0 aliphatic carbocycles. The van der Waals surface area contributed by atoms with E-state index in [0.29, 0.717) is 25.2 Å². The van der Waals surface area contributed by atoms with E-state index in [-0.39, 0.29) is 8.73 Å². The van der Waals surface area contributed by atoms with E-state index in [0.717, 1.165) is 18.2 Å². The Labute approximate surface area is 151 Å². The Morgan fingerprint density at radius 2 is 1.58 bits per heavy atom. The summed E-state index contributed by atoms with van der Waals surface area (Å²) in [6, 6.07) is 4.44. The molecule has 13 heteroatoms. The van der Waals surface area contributed by atoms with Gasteiger partial charge in [-0.15, -0.1) is 0 Å². The fraction of sp³-hybridized carbons (Fsp3) is 0.0769. The summed E-state index contributed by atoms with van der Waals surface area (Å²) < 4.78 is 77.0. The van der Waals surface area contributed by atoms with Crippen LogP contribution in [0.15, 0.2) is 46.2 Å². The molecule has 0 atom stereocenters. The van der Waals surface area contributed by atoms with E-state index in [9.17, 15) is 35.7 Å². The first-order valence-electron chi connectivity index (χ1n) is 6.53. The van der Waals surface area contributed by atoms with E-state index in [1.165, 1.54) is 0 Å². The molecule has 2 aromatic rings. The second-order valence-corrected chi connectivity index (χ2v) is 9.32. The molecule has 0 fully saturated rings. The maximum Gasteiger partial charge on any atom is 0.289 e. The molecule has 0 aromatic heterocycles. The zero-order valence-corrected chi connectivity index (χ0v) is 15.1.